The fraction of sp³-hybridized carbons (Fsp3) is 0.472. The van der Waals surface area contributed by atoms with Gasteiger partial charge in [0.25, 0.3) is 20.1 Å². The van der Waals surface area contributed by atoms with Gasteiger partial charge in [-0.3, -0.25) is 19.5 Å². The van der Waals surface area contributed by atoms with Gasteiger partial charge in [0, 0.05) is 42.2 Å². The average molecular weight is 769 g/mol. The van der Waals surface area contributed by atoms with E-state index in [-0.39, 0.29) is 62.9 Å². The maximum atomic E-state index is 13.2. The minimum atomic E-state index is -1.75. The number of para-hydroxylation sites is 2. The average Bonchev–Trinajstić information content (AvgIpc) is 3.54. The molecule has 54 heavy (non-hydrogen) atoms. The molecule has 5 atom stereocenters. The Morgan fingerprint density at radius 1 is 1.09 bits per heavy atom. The van der Waals surface area contributed by atoms with Gasteiger partial charge in [-0.2, -0.15) is 10.2 Å². The molecular formula is C36H45N6O11P. The Kier molecular flexibility index (Phi) is 15.8. The van der Waals surface area contributed by atoms with E-state index >= 15 is 0 Å². The van der Waals surface area contributed by atoms with Gasteiger partial charge in [-0.1, -0.05) is 43.3 Å². The van der Waals surface area contributed by atoms with Crippen LogP contribution in [0.25, 0.3) is 0 Å². The third kappa shape index (κ3) is 12.0. The predicted octanol–water partition coefficient (Wildman–Crippen LogP) is 6.07. The van der Waals surface area contributed by atoms with Gasteiger partial charge < -0.3 is 33.3 Å². The summed E-state index contributed by atoms with van der Waals surface area (Å²) < 4.78 is 38.3. The number of rotatable bonds is 19. The van der Waals surface area contributed by atoms with Crippen LogP contribution in [0.2, 0.25) is 0 Å². The van der Waals surface area contributed by atoms with E-state index in [1.807, 2.05) is 38.4 Å². The number of nitro groups is 1. The summed E-state index contributed by atoms with van der Waals surface area (Å²) in [6, 6.07) is 18.5. The first kappa shape index (κ1) is 41.8. The van der Waals surface area contributed by atoms with Gasteiger partial charge in [0.05, 0.1) is 30.1 Å². The second kappa shape index (κ2) is 20.5. The summed E-state index contributed by atoms with van der Waals surface area (Å²) in [6.45, 7) is 8.95. The van der Waals surface area contributed by atoms with Gasteiger partial charge in [-0.25, -0.2) is 14.3 Å². The van der Waals surface area contributed by atoms with Gasteiger partial charge >= 0.3 is 11.8 Å². The Morgan fingerprint density at radius 2 is 1.80 bits per heavy atom. The highest BCUT2D eigenvalue weighted by Gasteiger charge is 2.42. The van der Waals surface area contributed by atoms with Crippen molar-refractivity contribution < 1.29 is 42.5 Å². The van der Waals surface area contributed by atoms with Gasteiger partial charge in [-0.15, -0.1) is 0 Å². The van der Waals surface area contributed by atoms with Gasteiger partial charge in [-0.05, 0) is 45.9 Å². The first-order valence-electron chi connectivity index (χ1n) is 17.4. The topological polar surface area (TPSA) is 207 Å². The van der Waals surface area contributed by atoms with Crippen molar-refractivity contribution in [3.05, 3.63) is 93.0 Å². The Hall–Kier alpha value is -4.98. The molecule has 1 saturated heterocycles. The van der Waals surface area contributed by atoms with E-state index in [0.29, 0.717) is 11.3 Å². The lowest BCUT2D eigenvalue weighted by Crippen LogP contribution is -2.37. The summed E-state index contributed by atoms with van der Waals surface area (Å²) >= 11 is 0. The fourth-order valence-electron chi connectivity index (χ4n) is 5.63. The molecule has 18 heteroatoms. The highest BCUT2D eigenvalue weighted by molar-refractivity contribution is 7.44. The SMILES string of the molecule is CC(COC(=O)OC[C@H]1O[C@@H](n2ccc(NC(=O)COc3ccccc3)nc2=O)C[C@@H]1OP(OCCC#N)N(C(C)C)C(C)C)c1ccccc1[N+](=O)[O-]. The molecule has 1 aliphatic heterocycles. The zero-order valence-electron chi connectivity index (χ0n) is 30.7. The van der Waals surface area contributed by atoms with Crippen LogP contribution >= 0.6 is 8.53 Å². The molecule has 1 N–H and O–H groups in total. The summed E-state index contributed by atoms with van der Waals surface area (Å²) in [6.07, 6.45) is -1.91. The molecule has 3 aromatic rings. The Balaban J connectivity index is 1.47. The second-order valence-electron chi connectivity index (χ2n) is 12.8. The number of benzene rings is 2. The highest BCUT2D eigenvalue weighted by Crippen LogP contribution is 2.50. The number of carbonyl (C=O) groups is 2. The van der Waals surface area contributed by atoms with Crippen molar-refractivity contribution in [1.29, 1.82) is 5.26 Å². The molecule has 0 aliphatic carbocycles. The lowest BCUT2D eigenvalue weighted by atomic mass is 10.0. The molecule has 1 aliphatic rings. The quantitative estimate of drug-likeness (QED) is 0.0483. The van der Waals surface area contributed by atoms with E-state index in [1.165, 1.54) is 22.9 Å². The number of nitrogens with zero attached hydrogens (tertiary/aromatic N) is 5. The third-order valence-corrected chi connectivity index (χ3v) is 10.2. The van der Waals surface area contributed by atoms with E-state index in [1.54, 1.807) is 49.4 Å². The van der Waals surface area contributed by atoms with Crippen molar-refractivity contribution in [2.75, 3.05) is 31.7 Å². The maximum absolute atomic E-state index is 13.2. The van der Waals surface area contributed by atoms with Crippen LogP contribution in [-0.4, -0.2) is 81.9 Å². The molecule has 1 fully saturated rings. The third-order valence-electron chi connectivity index (χ3n) is 8.07. The number of hydrogen-bond acceptors (Lipinski definition) is 14. The van der Waals surface area contributed by atoms with E-state index in [9.17, 15) is 24.5 Å². The summed E-state index contributed by atoms with van der Waals surface area (Å²) in [5.41, 5.74) is -0.403. The molecule has 17 nitrogen and oxygen atoms in total. The zero-order valence-corrected chi connectivity index (χ0v) is 31.6. The van der Waals surface area contributed by atoms with E-state index < -0.39 is 55.6 Å². The van der Waals surface area contributed by atoms with Crippen LogP contribution in [0.3, 0.4) is 0 Å². The summed E-state index contributed by atoms with van der Waals surface area (Å²) in [5.74, 6) is -0.493. The van der Waals surface area contributed by atoms with E-state index in [4.69, 9.17) is 33.3 Å². The van der Waals surface area contributed by atoms with Crippen molar-refractivity contribution in [3.63, 3.8) is 0 Å². The molecular weight excluding hydrogens is 723 g/mol. The number of nitro benzene ring substituents is 1. The molecule has 1 amide bonds. The van der Waals surface area contributed by atoms with Crippen LogP contribution in [0.1, 0.15) is 65.2 Å². The lowest BCUT2D eigenvalue weighted by Gasteiger charge is -2.37. The van der Waals surface area contributed by atoms with Crippen LogP contribution in [0.5, 0.6) is 5.75 Å². The molecule has 0 saturated carbocycles. The Morgan fingerprint density at radius 3 is 2.46 bits per heavy atom. The number of aromatic nitrogens is 2. The molecule has 1 aromatic heterocycles. The number of carbonyl (C=O) groups excluding carboxylic acids is 2. The number of nitrogens with one attached hydrogen (secondary N) is 1. The molecule has 290 valence electrons. The normalized spacial score (nSPS) is 17.9. The van der Waals surface area contributed by atoms with Crippen molar-refractivity contribution >= 4 is 32.1 Å². The highest BCUT2D eigenvalue weighted by atomic mass is 31.2. The largest absolute Gasteiger partial charge is 0.508 e. The Bertz CT molecular complexity index is 1800. The monoisotopic (exact) mass is 768 g/mol. The standard InChI is InChI=1S/C36H45N6O11P/c1-24(2)41(25(3)4)54(51-19-11-17-37)53-30-20-34(40-18-16-32(39-35(40)44)38-33(43)23-48-27-12-7-6-8-13-27)52-31(30)22-50-36(45)49-21-26(5)28-14-9-10-15-29(28)42(46)47/h6-10,12-16,18,24-26,30-31,34H,11,19-23H2,1-5H3,(H,38,39,43,44)/t26?,30-,31+,34+,54?/m0/s1. The predicted molar refractivity (Wildman–Crippen MR) is 196 cm³/mol. The van der Waals surface area contributed by atoms with Crippen molar-refractivity contribution in [3.8, 4) is 11.8 Å². The number of amides is 1. The first-order valence-corrected chi connectivity index (χ1v) is 18.5. The van der Waals surface area contributed by atoms with Crippen LogP contribution in [0, 0.1) is 21.4 Å². The van der Waals surface area contributed by atoms with Gasteiger partial charge in [0.15, 0.2) is 6.61 Å². The van der Waals surface area contributed by atoms with Gasteiger partial charge in [0.1, 0.15) is 37.1 Å². The van der Waals surface area contributed by atoms with Gasteiger partial charge in [0.2, 0.25) is 0 Å². The fourth-order valence-corrected chi connectivity index (χ4v) is 7.39. The van der Waals surface area contributed by atoms with E-state index in [2.05, 4.69) is 16.4 Å². The minimum absolute atomic E-state index is 0.00362. The summed E-state index contributed by atoms with van der Waals surface area (Å²) in [4.78, 5) is 53.4. The summed E-state index contributed by atoms with van der Waals surface area (Å²) in [7, 11) is -1.75. The molecule has 0 bridgehead atoms. The van der Waals surface area contributed by atoms with Crippen molar-refractivity contribution in [2.24, 2.45) is 0 Å². The van der Waals surface area contributed by atoms with Crippen molar-refractivity contribution in [2.45, 2.75) is 83.9 Å². The maximum Gasteiger partial charge on any atom is 0.508 e. The molecule has 0 spiro atoms. The Labute approximate surface area is 314 Å². The number of anilines is 1. The molecule has 2 aromatic carbocycles. The molecule has 2 unspecified atom stereocenters. The van der Waals surface area contributed by atoms with Crippen LogP contribution < -0.4 is 15.7 Å². The lowest BCUT2D eigenvalue weighted by molar-refractivity contribution is -0.385. The smallest absolute Gasteiger partial charge is 0.484 e. The van der Waals surface area contributed by atoms with Crippen LogP contribution in [0.4, 0.5) is 16.3 Å². The van der Waals surface area contributed by atoms with E-state index in [0.717, 1.165) is 0 Å². The molecule has 4 rings (SSSR count). The second-order valence-corrected chi connectivity index (χ2v) is 14.2. The number of nitriles is 1. The first-order chi connectivity index (χ1) is 25.9. The van der Waals surface area contributed by atoms with Crippen LogP contribution in [0.15, 0.2) is 71.7 Å². The van der Waals surface area contributed by atoms with Crippen LogP contribution in [-0.2, 0) is 28.1 Å². The summed E-state index contributed by atoms with van der Waals surface area (Å²) in [5, 5.41) is 23.1. The molecule has 2 heterocycles. The number of hydrogen-bond donors (Lipinski definition) is 1. The van der Waals surface area contributed by atoms with Crippen molar-refractivity contribution in [1.82, 2.24) is 14.2 Å². The number of ether oxygens (including phenoxy) is 4. The molecule has 0 radical (unpaired) electrons. The zero-order chi connectivity index (χ0) is 39.2. The minimum Gasteiger partial charge on any atom is -0.484 e.